The van der Waals surface area contributed by atoms with E-state index in [0.29, 0.717) is 0 Å². The summed E-state index contributed by atoms with van der Waals surface area (Å²) in [6.45, 7) is 1.69. The van der Waals surface area contributed by atoms with Gasteiger partial charge in [0.25, 0.3) is 5.82 Å². The second-order valence-electron chi connectivity index (χ2n) is 7.54. The van der Waals surface area contributed by atoms with E-state index in [1.54, 1.807) is 0 Å². The molecule has 0 atom stereocenters. The third-order valence-corrected chi connectivity index (χ3v) is 6.02. The van der Waals surface area contributed by atoms with Gasteiger partial charge in [-0.2, -0.15) is 0 Å². The topological polar surface area (TPSA) is 8.81 Å². The van der Waals surface area contributed by atoms with Gasteiger partial charge in [-0.15, -0.1) is 0 Å². The van der Waals surface area contributed by atoms with E-state index < -0.39 is 0 Å². The quantitative estimate of drug-likeness (QED) is 0.356. The third kappa shape index (κ3) is 4.81. The lowest BCUT2D eigenvalue weighted by Crippen LogP contribution is -3.00. The van der Waals surface area contributed by atoms with Crippen LogP contribution in [0.3, 0.4) is 0 Å². The van der Waals surface area contributed by atoms with Crippen molar-refractivity contribution in [3.05, 3.63) is 130 Å². The Kier molecular flexibility index (Phi) is 6.69. The van der Waals surface area contributed by atoms with E-state index in [-0.39, 0.29) is 17.0 Å². The highest BCUT2D eigenvalue weighted by Gasteiger charge is 2.21. The first-order valence-corrected chi connectivity index (χ1v) is 10.9. The van der Waals surface area contributed by atoms with Crippen LogP contribution in [-0.4, -0.2) is 4.57 Å². The van der Waals surface area contributed by atoms with Crippen molar-refractivity contribution in [3.8, 4) is 0 Å². The molecule has 31 heavy (non-hydrogen) atoms. The standard InChI is InChI=1S/C27H22BrN2.BrH/c28-26-13-11-21(12-14-26)19-29-15-16-30-20-25(23-9-5-2-6-10-23)17-24(18-27(29)30)22-7-3-1-4-8-22;/h1-18H,19-20H2;1H/q+1;/p-1. The molecule has 1 aliphatic heterocycles. The normalized spacial score (nSPS) is 12.8. The number of nitrogens with zero attached hydrogens (tertiary/aromatic N) is 2. The number of halogens is 2. The van der Waals surface area contributed by atoms with Crippen LogP contribution in [0.15, 0.2) is 108 Å². The first kappa shape index (κ1) is 21.5. The number of allylic oxidation sites excluding steroid dienone is 3. The van der Waals surface area contributed by atoms with E-state index in [1.165, 1.54) is 33.7 Å². The average Bonchev–Trinajstić information content (AvgIpc) is 3.04. The van der Waals surface area contributed by atoms with Crippen molar-refractivity contribution < 1.29 is 21.5 Å². The lowest BCUT2D eigenvalue weighted by Gasteiger charge is -2.06. The summed E-state index contributed by atoms with van der Waals surface area (Å²) in [7, 11) is 0. The molecule has 0 unspecified atom stereocenters. The fourth-order valence-electron chi connectivity index (χ4n) is 3.92. The van der Waals surface area contributed by atoms with E-state index in [9.17, 15) is 0 Å². The molecule has 0 fully saturated rings. The maximum atomic E-state index is 3.53. The Morgan fingerprint density at radius 1 is 0.774 bits per heavy atom. The Bertz CT molecular complexity index is 1220. The van der Waals surface area contributed by atoms with Crippen molar-refractivity contribution in [1.29, 1.82) is 0 Å². The molecule has 2 heterocycles. The van der Waals surface area contributed by atoms with Crippen LogP contribution in [0.5, 0.6) is 0 Å². The van der Waals surface area contributed by atoms with Crippen molar-refractivity contribution in [2.45, 2.75) is 13.1 Å². The molecule has 4 aromatic rings. The smallest absolute Gasteiger partial charge is 0.282 e. The third-order valence-electron chi connectivity index (χ3n) is 5.49. The van der Waals surface area contributed by atoms with Gasteiger partial charge in [0.15, 0.2) is 0 Å². The van der Waals surface area contributed by atoms with Crippen LogP contribution < -0.4 is 21.5 Å². The Morgan fingerprint density at radius 3 is 2.10 bits per heavy atom. The molecule has 5 rings (SSSR count). The molecule has 0 saturated carbocycles. The summed E-state index contributed by atoms with van der Waals surface area (Å²) in [5, 5.41) is 0. The van der Waals surface area contributed by atoms with Crippen LogP contribution in [0, 0.1) is 0 Å². The van der Waals surface area contributed by atoms with Gasteiger partial charge >= 0.3 is 0 Å². The second kappa shape index (κ2) is 9.63. The fourth-order valence-corrected chi connectivity index (χ4v) is 4.18. The van der Waals surface area contributed by atoms with Gasteiger partial charge in [-0.25, -0.2) is 9.13 Å². The number of hydrogen-bond acceptors (Lipinski definition) is 0. The maximum absolute atomic E-state index is 3.53. The predicted molar refractivity (Wildman–Crippen MR) is 127 cm³/mol. The molecule has 0 bridgehead atoms. The summed E-state index contributed by atoms with van der Waals surface area (Å²) in [5.74, 6) is 1.21. The van der Waals surface area contributed by atoms with Gasteiger partial charge in [0.05, 0.1) is 0 Å². The van der Waals surface area contributed by atoms with Crippen molar-refractivity contribution in [2.75, 3.05) is 0 Å². The minimum Gasteiger partial charge on any atom is -1.00 e. The Morgan fingerprint density at radius 2 is 1.42 bits per heavy atom. The largest absolute Gasteiger partial charge is 1.00 e. The zero-order chi connectivity index (χ0) is 20.3. The summed E-state index contributed by atoms with van der Waals surface area (Å²) < 4.78 is 5.77. The molecule has 0 spiro atoms. The molecule has 4 heteroatoms. The number of aromatic nitrogens is 2. The van der Waals surface area contributed by atoms with Crippen molar-refractivity contribution in [3.63, 3.8) is 0 Å². The lowest BCUT2D eigenvalue weighted by atomic mass is 9.99. The highest BCUT2D eigenvalue weighted by atomic mass is 79.9. The Labute approximate surface area is 202 Å². The van der Waals surface area contributed by atoms with Gasteiger partial charge < -0.3 is 17.0 Å². The maximum Gasteiger partial charge on any atom is 0.282 e. The Hall–Kier alpha value is -2.69. The predicted octanol–water partition coefficient (Wildman–Crippen LogP) is 3.23. The fraction of sp³-hybridized carbons (Fsp3) is 0.0741. The van der Waals surface area contributed by atoms with Crippen LogP contribution in [-0.2, 0) is 13.1 Å². The first-order valence-electron chi connectivity index (χ1n) is 10.1. The zero-order valence-electron chi connectivity index (χ0n) is 17.0. The molecule has 2 nitrogen and oxygen atoms in total. The van der Waals surface area contributed by atoms with Gasteiger partial charge in [0.2, 0.25) is 0 Å². The van der Waals surface area contributed by atoms with E-state index in [2.05, 4.69) is 135 Å². The highest BCUT2D eigenvalue weighted by molar-refractivity contribution is 9.10. The van der Waals surface area contributed by atoms with E-state index in [0.717, 1.165) is 17.6 Å². The van der Waals surface area contributed by atoms with Crippen LogP contribution >= 0.6 is 15.9 Å². The first-order chi connectivity index (χ1) is 14.8. The molecule has 0 radical (unpaired) electrons. The van der Waals surface area contributed by atoms with Crippen molar-refractivity contribution >= 4 is 33.2 Å². The van der Waals surface area contributed by atoms with Gasteiger partial charge in [0, 0.05) is 16.1 Å². The lowest BCUT2D eigenvalue weighted by molar-refractivity contribution is -0.685. The van der Waals surface area contributed by atoms with Crippen molar-refractivity contribution in [2.24, 2.45) is 0 Å². The van der Waals surface area contributed by atoms with Gasteiger partial charge in [-0.3, -0.25) is 0 Å². The number of imidazole rings is 1. The van der Waals surface area contributed by atoms with Crippen LogP contribution in [0.4, 0.5) is 0 Å². The summed E-state index contributed by atoms with van der Waals surface area (Å²) in [5.41, 5.74) is 6.33. The molecular weight excluding hydrogens is 512 g/mol. The summed E-state index contributed by atoms with van der Waals surface area (Å²) >= 11 is 3.53. The molecule has 154 valence electrons. The summed E-state index contributed by atoms with van der Waals surface area (Å²) in [6.07, 6.45) is 9.02. The molecule has 0 N–H and O–H groups in total. The number of fused-ring (bicyclic) bond motifs is 1. The average molecular weight is 534 g/mol. The summed E-state index contributed by atoms with van der Waals surface area (Å²) in [4.78, 5) is 0. The SMILES string of the molecule is Brc1ccc(Cn2cc[n+]3c2C=C(c2ccccc2)C=C(c2ccccc2)C3)cc1.[Br-]. The van der Waals surface area contributed by atoms with Gasteiger partial charge in [-0.05, 0) is 40.5 Å². The van der Waals surface area contributed by atoms with Gasteiger partial charge in [0.1, 0.15) is 25.5 Å². The minimum absolute atomic E-state index is 0. The Balaban J connectivity index is 0.00000231. The number of rotatable bonds is 4. The second-order valence-corrected chi connectivity index (χ2v) is 8.46. The molecule has 0 aliphatic carbocycles. The molecule has 0 saturated heterocycles. The highest BCUT2D eigenvalue weighted by Crippen LogP contribution is 2.27. The van der Waals surface area contributed by atoms with E-state index in [1.807, 2.05) is 0 Å². The summed E-state index contributed by atoms with van der Waals surface area (Å²) in [6, 6.07) is 29.9. The van der Waals surface area contributed by atoms with Crippen molar-refractivity contribution in [1.82, 2.24) is 4.57 Å². The minimum atomic E-state index is 0. The number of hydrogen-bond donors (Lipinski definition) is 0. The van der Waals surface area contributed by atoms with Crippen LogP contribution in [0.1, 0.15) is 22.5 Å². The van der Waals surface area contributed by atoms with Gasteiger partial charge in [-0.1, -0.05) is 88.7 Å². The molecule has 1 aliphatic rings. The monoisotopic (exact) mass is 532 g/mol. The van der Waals surface area contributed by atoms with E-state index >= 15 is 0 Å². The van der Waals surface area contributed by atoms with Crippen LogP contribution in [0.25, 0.3) is 17.2 Å². The molecule has 0 amide bonds. The number of benzene rings is 3. The molecular formula is C27H22Br2N2. The van der Waals surface area contributed by atoms with Crippen LogP contribution in [0.2, 0.25) is 0 Å². The molecule has 1 aromatic heterocycles. The molecule has 3 aromatic carbocycles. The van der Waals surface area contributed by atoms with E-state index in [4.69, 9.17) is 0 Å². The zero-order valence-corrected chi connectivity index (χ0v) is 20.1.